The van der Waals surface area contributed by atoms with Gasteiger partial charge >= 0.3 is 6.09 Å². The normalized spacial score (nSPS) is 13.0. The molecule has 0 radical (unpaired) electrons. The van der Waals surface area contributed by atoms with Gasteiger partial charge in [-0.05, 0) is 81.8 Å². The molecule has 3 rings (SSSR count). The van der Waals surface area contributed by atoms with E-state index >= 15 is 0 Å². The van der Waals surface area contributed by atoms with E-state index in [2.05, 4.69) is 5.73 Å². The van der Waals surface area contributed by atoms with Crippen molar-refractivity contribution in [2.45, 2.75) is 39.3 Å². The third-order valence-corrected chi connectivity index (χ3v) is 4.09. The smallest absolute Gasteiger partial charge is 0.410 e. The largest absolute Gasteiger partial charge is 0.457 e. The van der Waals surface area contributed by atoms with Crippen LogP contribution in [0.15, 0.2) is 42.5 Å². The molecule has 1 heterocycles. The van der Waals surface area contributed by atoms with Crippen molar-refractivity contribution in [3.05, 3.63) is 59.2 Å². The van der Waals surface area contributed by atoms with E-state index in [-0.39, 0.29) is 6.09 Å². The molecule has 0 fully saturated rings. The van der Waals surface area contributed by atoms with Crippen LogP contribution in [0, 0.1) is 0 Å². The maximum atomic E-state index is 12.2. The third kappa shape index (κ3) is 5.82. The molecule has 1 aliphatic rings. The van der Waals surface area contributed by atoms with Crippen LogP contribution in [0.1, 0.15) is 42.3 Å². The number of hydrogen-bond donors (Lipinski definition) is 1. The van der Waals surface area contributed by atoms with Crippen molar-refractivity contribution in [3.8, 4) is 11.5 Å². The average molecular weight is 384 g/mol. The zero-order valence-corrected chi connectivity index (χ0v) is 16.9. The molecule has 0 saturated carbocycles. The molecule has 2 aromatic rings. The summed E-state index contributed by atoms with van der Waals surface area (Å²) in [6.45, 7) is 6.77. The van der Waals surface area contributed by atoms with Gasteiger partial charge in [-0.25, -0.2) is 4.79 Å². The van der Waals surface area contributed by atoms with Crippen molar-refractivity contribution < 1.29 is 19.1 Å². The molecular weight excluding hydrogens is 356 g/mol. The van der Waals surface area contributed by atoms with Crippen molar-refractivity contribution in [2.75, 3.05) is 13.6 Å². The van der Waals surface area contributed by atoms with E-state index in [1.165, 1.54) is 12.6 Å². The SMILES string of the molecule is CC(C)(C)OC(=O)N1CCc2cc(Oc3ccc(C=O)cc3)ccc2C1.CN. The Labute approximate surface area is 166 Å². The topological polar surface area (TPSA) is 81.9 Å². The zero-order chi connectivity index (χ0) is 20.7. The fraction of sp³-hybridized carbons (Fsp3) is 0.364. The quantitative estimate of drug-likeness (QED) is 0.804. The Kier molecular flexibility index (Phi) is 7.18. The van der Waals surface area contributed by atoms with E-state index in [1.54, 1.807) is 29.2 Å². The Balaban J connectivity index is 0.00000136. The number of nitrogens with two attached hydrogens (primary N) is 1. The van der Waals surface area contributed by atoms with Gasteiger partial charge in [0, 0.05) is 18.7 Å². The number of carbonyl (C=O) groups is 2. The van der Waals surface area contributed by atoms with Crippen LogP contribution >= 0.6 is 0 Å². The van der Waals surface area contributed by atoms with Crippen LogP contribution in [-0.2, 0) is 17.7 Å². The number of amides is 1. The van der Waals surface area contributed by atoms with Crippen LogP contribution in [0.25, 0.3) is 0 Å². The minimum Gasteiger partial charge on any atom is -0.457 e. The molecular formula is C22H28N2O4. The van der Waals surface area contributed by atoms with Gasteiger partial charge in [0.05, 0.1) is 0 Å². The van der Waals surface area contributed by atoms with Crippen LogP contribution in [0.2, 0.25) is 0 Å². The maximum Gasteiger partial charge on any atom is 0.410 e. The standard InChI is InChI=1S/C21H23NO4.CH5N/c1-21(2,3)26-20(24)22-11-10-16-12-19(9-6-17(16)13-22)25-18-7-4-15(14-23)5-8-18;1-2/h4-9,12,14H,10-11,13H2,1-3H3;2H2,1H3. The summed E-state index contributed by atoms with van der Waals surface area (Å²) in [6.07, 6.45) is 1.29. The lowest BCUT2D eigenvalue weighted by Gasteiger charge is -2.31. The summed E-state index contributed by atoms with van der Waals surface area (Å²) in [4.78, 5) is 24.7. The molecule has 6 nitrogen and oxygen atoms in total. The Hall–Kier alpha value is -2.86. The molecule has 0 saturated heterocycles. The van der Waals surface area contributed by atoms with Crippen LogP contribution in [0.5, 0.6) is 11.5 Å². The second kappa shape index (κ2) is 9.37. The number of nitrogens with zero attached hydrogens (tertiary/aromatic N) is 1. The number of ether oxygens (including phenoxy) is 2. The molecule has 1 aliphatic heterocycles. The van der Waals surface area contributed by atoms with Crippen molar-refractivity contribution in [1.82, 2.24) is 4.90 Å². The van der Waals surface area contributed by atoms with Gasteiger partial charge in [0.2, 0.25) is 0 Å². The molecule has 0 bridgehead atoms. The van der Waals surface area contributed by atoms with Crippen molar-refractivity contribution in [2.24, 2.45) is 5.73 Å². The molecule has 28 heavy (non-hydrogen) atoms. The first-order valence-corrected chi connectivity index (χ1v) is 9.24. The van der Waals surface area contributed by atoms with Crippen molar-refractivity contribution >= 4 is 12.4 Å². The highest BCUT2D eigenvalue weighted by molar-refractivity contribution is 5.74. The highest BCUT2D eigenvalue weighted by Gasteiger charge is 2.25. The Morgan fingerprint density at radius 1 is 1.04 bits per heavy atom. The summed E-state index contributed by atoms with van der Waals surface area (Å²) in [5.74, 6) is 1.43. The van der Waals surface area contributed by atoms with Crippen molar-refractivity contribution in [1.29, 1.82) is 0 Å². The molecule has 0 unspecified atom stereocenters. The number of fused-ring (bicyclic) bond motifs is 1. The number of benzene rings is 2. The second-order valence-electron chi connectivity index (χ2n) is 7.37. The van der Waals surface area contributed by atoms with Gasteiger partial charge in [-0.15, -0.1) is 0 Å². The molecule has 0 aromatic heterocycles. The van der Waals surface area contributed by atoms with Gasteiger partial charge in [-0.1, -0.05) is 6.07 Å². The van der Waals surface area contributed by atoms with E-state index in [1.807, 2.05) is 39.0 Å². The fourth-order valence-electron chi connectivity index (χ4n) is 2.83. The first-order chi connectivity index (χ1) is 13.3. The fourth-order valence-corrected chi connectivity index (χ4v) is 2.83. The van der Waals surface area contributed by atoms with Gasteiger partial charge < -0.3 is 20.1 Å². The predicted molar refractivity (Wildman–Crippen MR) is 109 cm³/mol. The van der Waals surface area contributed by atoms with Crippen LogP contribution in [0.4, 0.5) is 4.79 Å². The van der Waals surface area contributed by atoms with Gasteiger partial charge in [-0.2, -0.15) is 0 Å². The van der Waals surface area contributed by atoms with Gasteiger partial charge in [0.25, 0.3) is 0 Å². The second-order valence-corrected chi connectivity index (χ2v) is 7.37. The molecule has 150 valence electrons. The molecule has 6 heteroatoms. The summed E-state index contributed by atoms with van der Waals surface area (Å²) in [7, 11) is 1.50. The summed E-state index contributed by atoms with van der Waals surface area (Å²) in [5.41, 5.74) is 6.90. The van der Waals surface area contributed by atoms with E-state index in [4.69, 9.17) is 9.47 Å². The van der Waals surface area contributed by atoms with E-state index in [9.17, 15) is 9.59 Å². The van der Waals surface area contributed by atoms with Crippen LogP contribution in [0.3, 0.4) is 0 Å². The highest BCUT2D eigenvalue weighted by atomic mass is 16.6. The molecule has 2 N–H and O–H groups in total. The first kappa shape index (κ1) is 21.4. The summed E-state index contributed by atoms with van der Waals surface area (Å²) in [6, 6.07) is 12.9. The molecule has 1 amide bonds. The summed E-state index contributed by atoms with van der Waals surface area (Å²) in [5, 5.41) is 0. The lowest BCUT2D eigenvalue weighted by Crippen LogP contribution is -2.39. The molecule has 0 atom stereocenters. The number of carbonyl (C=O) groups excluding carboxylic acids is 2. The van der Waals surface area contributed by atoms with Crippen LogP contribution < -0.4 is 10.5 Å². The number of rotatable bonds is 3. The predicted octanol–water partition coefficient (Wildman–Crippen LogP) is 4.16. The monoisotopic (exact) mass is 384 g/mol. The zero-order valence-electron chi connectivity index (χ0n) is 16.9. The maximum absolute atomic E-state index is 12.2. The first-order valence-electron chi connectivity index (χ1n) is 9.24. The minimum absolute atomic E-state index is 0.279. The highest BCUT2D eigenvalue weighted by Crippen LogP contribution is 2.28. The minimum atomic E-state index is -0.492. The van der Waals surface area contributed by atoms with E-state index in [0.29, 0.717) is 24.4 Å². The lowest BCUT2D eigenvalue weighted by atomic mass is 10.00. The Morgan fingerprint density at radius 3 is 2.29 bits per heavy atom. The van der Waals surface area contributed by atoms with Crippen LogP contribution in [-0.4, -0.2) is 36.5 Å². The van der Waals surface area contributed by atoms with Gasteiger partial charge in [0.1, 0.15) is 23.4 Å². The summed E-state index contributed by atoms with van der Waals surface area (Å²) >= 11 is 0. The number of aldehydes is 1. The van der Waals surface area contributed by atoms with Crippen molar-refractivity contribution in [3.63, 3.8) is 0 Å². The molecule has 0 aliphatic carbocycles. The lowest BCUT2D eigenvalue weighted by molar-refractivity contribution is 0.0224. The third-order valence-electron chi connectivity index (χ3n) is 4.09. The summed E-state index contributed by atoms with van der Waals surface area (Å²) < 4.78 is 11.3. The van der Waals surface area contributed by atoms with Gasteiger partial charge in [-0.3, -0.25) is 4.79 Å². The van der Waals surface area contributed by atoms with Gasteiger partial charge in [0.15, 0.2) is 0 Å². The van der Waals surface area contributed by atoms with E-state index in [0.717, 1.165) is 24.0 Å². The Morgan fingerprint density at radius 2 is 1.68 bits per heavy atom. The number of hydrogen-bond acceptors (Lipinski definition) is 5. The Bertz CT molecular complexity index is 810. The van der Waals surface area contributed by atoms with E-state index < -0.39 is 5.60 Å². The molecule has 2 aromatic carbocycles. The average Bonchev–Trinajstić information content (AvgIpc) is 2.68. The molecule has 0 spiro atoms.